The summed E-state index contributed by atoms with van der Waals surface area (Å²) in [6.07, 6.45) is 8.37. The van der Waals surface area contributed by atoms with Crippen molar-refractivity contribution in [3.8, 4) is 11.3 Å². The average Bonchev–Trinajstić information content (AvgIpc) is 3.22. The third-order valence-electron chi connectivity index (χ3n) is 3.72. The number of rotatable bonds is 3. The average molecular weight is 334 g/mol. The molecule has 0 saturated heterocycles. The molecule has 0 atom stereocenters. The van der Waals surface area contributed by atoms with Crippen molar-refractivity contribution in [3.05, 3.63) is 49.2 Å². The van der Waals surface area contributed by atoms with Gasteiger partial charge in [-0.15, -0.1) is 5.10 Å². The molecule has 4 rings (SSSR count). The molecular formula is C16H14N8O. The fraction of sp³-hybridized carbons (Fsp3) is 0.125. The van der Waals surface area contributed by atoms with Crippen LogP contribution in [0.4, 0.5) is 5.82 Å². The van der Waals surface area contributed by atoms with Crippen molar-refractivity contribution < 1.29 is 4.79 Å². The Balaban J connectivity index is 1.67. The number of carbonyl (C=O) groups is 1. The first kappa shape index (κ1) is 14.9. The molecule has 0 spiro atoms. The van der Waals surface area contributed by atoms with Crippen molar-refractivity contribution in [3.63, 3.8) is 0 Å². The zero-order valence-electron chi connectivity index (χ0n) is 13.6. The molecule has 1 amide bonds. The first-order chi connectivity index (χ1) is 12.1. The van der Waals surface area contributed by atoms with E-state index < -0.39 is 5.91 Å². The molecule has 25 heavy (non-hydrogen) atoms. The molecule has 124 valence electrons. The fourth-order valence-electron chi connectivity index (χ4n) is 2.49. The summed E-state index contributed by atoms with van der Waals surface area (Å²) in [4.78, 5) is 28.8. The Labute approximate surface area is 142 Å². The van der Waals surface area contributed by atoms with Crippen molar-refractivity contribution in [2.45, 2.75) is 0 Å². The highest BCUT2D eigenvalue weighted by Gasteiger charge is 2.12. The van der Waals surface area contributed by atoms with Gasteiger partial charge in [0.2, 0.25) is 5.82 Å². The summed E-state index contributed by atoms with van der Waals surface area (Å²) >= 11 is 0. The van der Waals surface area contributed by atoms with Crippen molar-refractivity contribution in [1.29, 1.82) is 0 Å². The number of hydrogen-bond donors (Lipinski definition) is 1. The third-order valence-corrected chi connectivity index (χ3v) is 3.72. The second-order valence-electron chi connectivity index (χ2n) is 5.57. The first-order valence-corrected chi connectivity index (χ1v) is 7.49. The van der Waals surface area contributed by atoms with Gasteiger partial charge in [0, 0.05) is 31.2 Å². The normalized spacial score (nSPS) is 11.0. The van der Waals surface area contributed by atoms with Crippen LogP contribution in [0.1, 0.15) is 10.6 Å². The van der Waals surface area contributed by atoms with E-state index in [-0.39, 0.29) is 5.82 Å². The smallest absolute Gasteiger partial charge is 0.296 e. The molecule has 9 heteroatoms. The maximum atomic E-state index is 12.1. The lowest BCUT2D eigenvalue weighted by Gasteiger charge is -2.06. The number of pyridine rings is 2. The molecule has 9 nitrogen and oxygen atoms in total. The number of nitrogens with one attached hydrogen (secondary N) is 1. The minimum Gasteiger partial charge on any atom is -0.334 e. The van der Waals surface area contributed by atoms with Crippen LogP contribution in [-0.4, -0.2) is 40.2 Å². The first-order valence-electron chi connectivity index (χ1n) is 7.49. The molecule has 4 aromatic rings. The largest absolute Gasteiger partial charge is 0.334 e. The summed E-state index contributed by atoms with van der Waals surface area (Å²) < 4.78 is 3.38. The molecule has 0 radical (unpaired) electrons. The molecule has 0 fully saturated rings. The summed E-state index contributed by atoms with van der Waals surface area (Å²) in [5, 5.41) is 7.53. The van der Waals surface area contributed by atoms with Crippen molar-refractivity contribution >= 4 is 22.6 Å². The van der Waals surface area contributed by atoms with Crippen LogP contribution in [0.5, 0.6) is 0 Å². The zero-order valence-corrected chi connectivity index (χ0v) is 13.6. The molecule has 0 saturated carbocycles. The summed E-state index contributed by atoms with van der Waals surface area (Å²) in [7, 11) is 3.62. The molecule has 4 aromatic heterocycles. The van der Waals surface area contributed by atoms with Crippen molar-refractivity contribution in [2.24, 2.45) is 14.1 Å². The van der Waals surface area contributed by atoms with Gasteiger partial charge in [-0.2, -0.15) is 0 Å². The second kappa shape index (κ2) is 5.78. The number of nitrogens with zero attached hydrogens (tertiary/aromatic N) is 7. The third kappa shape index (κ3) is 2.82. The Morgan fingerprint density at radius 3 is 2.64 bits per heavy atom. The molecule has 0 bridgehead atoms. The molecule has 0 aliphatic carbocycles. The Hall–Kier alpha value is -3.62. The summed E-state index contributed by atoms with van der Waals surface area (Å²) in [5.41, 5.74) is 2.62. The Morgan fingerprint density at radius 2 is 1.92 bits per heavy atom. The summed E-state index contributed by atoms with van der Waals surface area (Å²) in [6, 6.07) is 3.75. The monoisotopic (exact) mass is 334 g/mol. The van der Waals surface area contributed by atoms with Crippen LogP contribution >= 0.6 is 0 Å². The molecule has 0 aliphatic heterocycles. The quantitative estimate of drug-likeness (QED) is 0.607. The van der Waals surface area contributed by atoms with Crippen LogP contribution in [0.15, 0.2) is 43.4 Å². The lowest BCUT2D eigenvalue weighted by Crippen LogP contribution is -2.15. The number of fused-ring (bicyclic) bond motifs is 1. The number of imidazole rings is 1. The second-order valence-corrected chi connectivity index (χ2v) is 5.57. The number of carbonyl (C=O) groups excluding carboxylic acids is 1. The number of aromatic nitrogens is 7. The van der Waals surface area contributed by atoms with Gasteiger partial charge in [-0.3, -0.25) is 14.5 Å². The van der Waals surface area contributed by atoms with Gasteiger partial charge in [0.15, 0.2) is 0 Å². The number of hydrogen-bond acceptors (Lipinski definition) is 6. The van der Waals surface area contributed by atoms with E-state index in [0.29, 0.717) is 5.82 Å². The van der Waals surface area contributed by atoms with E-state index in [9.17, 15) is 4.79 Å². The van der Waals surface area contributed by atoms with Crippen LogP contribution in [0, 0.1) is 0 Å². The Kier molecular flexibility index (Phi) is 3.46. The Bertz CT molecular complexity index is 1080. The SMILES string of the molecule is Cn1cnc(C(=O)Nc2cc3cc(-c4cncn4C)cnc3cn2)n1. The van der Waals surface area contributed by atoms with Gasteiger partial charge in [0.1, 0.15) is 12.1 Å². The summed E-state index contributed by atoms with van der Waals surface area (Å²) in [5.74, 6) is 0.0864. The van der Waals surface area contributed by atoms with Crippen LogP contribution < -0.4 is 5.32 Å². The summed E-state index contributed by atoms with van der Waals surface area (Å²) in [6.45, 7) is 0. The van der Waals surface area contributed by atoms with Gasteiger partial charge in [-0.05, 0) is 12.1 Å². The highest BCUT2D eigenvalue weighted by Crippen LogP contribution is 2.23. The lowest BCUT2D eigenvalue weighted by atomic mass is 10.1. The maximum absolute atomic E-state index is 12.1. The fourth-order valence-corrected chi connectivity index (χ4v) is 2.49. The van der Waals surface area contributed by atoms with E-state index >= 15 is 0 Å². The molecular weight excluding hydrogens is 320 g/mol. The van der Waals surface area contributed by atoms with Gasteiger partial charge in [0.05, 0.1) is 29.9 Å². The molecule has 4 heterocycles. The van der Waals surface area contributed by atoms with Gasteiger partial charge in [-0.1, -0.05) is 0 Å². The molecule has 1 N–H and O–H groups in total. The lowest BCUT2D eigenvalue weighted by molar-refractivity contribution is 0.101. The number of aryl methyl sites for hydroxylation is 2. The van der Waals surface area contributed by atoms with E-state index in [1.807, 2.05) is 17.7 Å². The predicted octanol–water partition coefficient (Wildman–Crippen LogP) is 1.41. The molecule has 0 unspecified atom stereocenters. The predicted molar refractivity (Wildman–Crippen MR) is 90.7 cm³/mol. The molecule has 0 aliphatic rings. The van der Waals surface area contributed by atoms with Crippen LogP contribution in [-0.2, 0) is 14.1 Å². The molecule has 0 aromatic carbocycles. The van der Waals surface area contributed by atoms with Crippen LogP contribution in [0.2, 0.25) is 0 Å². The van der Waals surface area contributed by atoms with E-state index in [0.717, 1.165) is 22.2 Å². The van der Waals surface area contributed by atoms with E-state index in [1.165, 1.54) is 11.0 Å². The highest BCUT2D eigenvalue weighted by molar-refractivity contribution is 6.01. The van der Waals surface area contributed by atoms with Gasteiger partial charge in [-0.25, -0.2) is 15.0 Å². The minimum atomic E-state index is -0.414. The minimum absolute atomic E-state index is 0.0890. The van der Waals surface area contributed by atoms with Crippen LogP contribution in [0.3, 0.4) is 0 Å². The van der Waals surface area contributed by atoms with Crippen molar-refractivity contribution in [1.82, 2.24) is 34.3 Å². The van der Waals surface area contributed by atoms with E-state index in [2.05, 4.69) is 30.4 Å². The van der Waals surface area contributed by atoms with Gasteiger partial charge >= 0.3 is 0 Å². The Morgan fingerprint density at radius 1 is 1.04 bits per heavy atom. The van der Waals surface area contributed by atoms with E-state index in [4.69, 9.17) is 0 Å². The number of anilines is 1. The van der Waals surface area contributed by atoms with Gasteiger partial charge < -0.3 is 9.88 Å². The van der Waals surface area contributed by atoms with Gasteiger partial charge in [0.25, 0.3) is 5.91 Å². The standard InChI is InChI=1S/C16H14N8O/c1-23-8-17-7-13(23)11-3-10-4-14(19-6-12(10)18-5-11)21-16(25)15-20-9-24(2)22-15/h3-9H,1-2H3,(H,19,21,25). The highest BCUT2D eigenvalue weighted by atomic mass is 16.2. The van der Waals surface area contributed by atoms with E-state index in [1.54, 1.807) is 38.0 Å². The van der Waals surface area contributed by atoms with Crippen molar-refractivity contribution in [2.75, 3.05) is 5.32 Å². The van der Waals surface area contributed by atoms with Crippen LogP contribution in [0.25, 0.3) is 22.2 Å². The maximum Gasteiger partial charge on any atom is 0.296 e. The topological polar surface area (TPSA) is 103 Å². The number of amides is 1. The zero-order chi connectivity index (χ0) is 17.4.